The molecule has 0 bridgehead atoms. The average Bonchev–Trinajstić information content (AvgIpc) is 2.97. The standard InChI is InChI=1S/C23H35N3O2/c1-23(2,3)20-10-8-19(9-11-20)22(28)26-16-14-24(15-17-26)18-21(27)25-12-6-4-5-7-13-25/h8-11H,4-7,12-18H2,1-3H3. The van der Waals surface area contributed by atoms with Gasteiger partial charge in [0, 0.05) is 44.8 Å². The van der Waals surface area contributed by atoms with Crippen LogP contribution in [0.15, 0.2) is 24.3 Å². The maximum Gasteiger partial charge on any atom is 0.253 e. The Morgan fingerprint density at radius 2 is 1.36 bits per heavy atom. The molecule has 0 saturated carbocycles. The summed E-state index contributed by atoms with van der Waals surface area (Å²) in [4.78, 5) is 31.5. The lowest BCUT2D eigenvalue weighted by molar-refractivity contribution is -0.132. The van der Waals surface area contributed by atoms with E-state index in [4.69, 9.17) is 0 Å². The zero-order valence-corrected chi connectivity index (χ0v) is 17.7. The molecular weight excluding hydrogens is 350 g/mol. The Hall–Kier alpha value is -1.88. The van der Waals surface area contributed by atoms with Gasteiger partial charge >= 0.3 is 0 Å². The van der Waals surface area contributed by atoms with E-state index in [0.29, 0.717) is 19.6 Å². The molecule has 0 spiro atoms. The molecule has 1 aromatic carbocycles. The number of carbonyl (C=O) groups excluding carboxylic acids is 2. The van der Waals surface area contributed by atoms with E-state index in [1.54, 1.807) is 0 Å². The lowest BCUT2D eigenvalue weighted by atomic mass is 9.86. The van der Waals surface area contributed by atoms with Crippen LogP contribution in [0.2, 0.25) is 0 Å². The Kier molecular flexibility index (Phi) is 6.76. The van der Waals surface area contributed by atoms with Crippen LogP contribution < -0.4 is 0 Å². The molecule has 0 unspecified atom stereocenters. The minimum atomic E-state index is 0.0904. The number of nitrogens with zero attached hydrogens (tertiary/aromatic N) is 3. The maximum absolute atomic E-state index is 12.8. The van der Waals surface area contributed by atoms with Gasteiger partial charge in [-0.1, -0.05) is 45.7 Å². The van der Waals surface area contributed by atoms with E-state index < -0.39 is 0 Å². The van der Waals surface area contributed by atoms with Crippen molar-refractivity contribution in [2.45, 2.75) is 51.9 Å². The molecule has 28 heavy (non-hydrogen) atoms. The van der Waals surface area contributed by atoms with Crippen molar-refractivity contribution in [3.8, 4) is 0 Å². The summed E-state index contributed by atoms with van der Waals surface area (Å²) in [5, 5.41) is 0. The smallest absolute Gasteiger partial charge is 0.253 e. The second kappa shape index (κ2) is 9.08. The number of likely N-dealkylation sites (tertiary alicyclic amines) is 1. The van der Waals surface area contributed by atoms with Crippen LogP contribution in [0.3, 0.4) is 0 Å². The van der Waals surface area contributed by atoms with Gasteiger partial charge in [-0.25, -0.2) is 0 Å². The lowest BCUT2D eigenvalue weighted by Crippen LogP contribution is -2.51. The van der Waals surface area contributed by atoms with Gasteiger partial charge in [-0.05, 0) is 36.0 Å². The van der Waals surface area contributed by atoms with E-state index in [9.17, 15) is 9.59 Å². The minimum Gasteiger partial charge on any atom is -0.342 e. The maximum atomic E-state index is 12.8. The second-order valence-electron chi connectivity index (χ2n) is 9.19. The Morgan fingerprint density at radius 3 is 1.89 bits per heavy atom. The van der Waals surface area contributed by atoms with Gasteiger partial charge in [-0.2, -0.15) is 0 Å². The van der Waals surface area contributed by atoms with Gasteiger partial charge in [0.05, 0.1) is 6.54 Å². The second-order valence-corrected chi connectivity index (χ2v) is 9.19. The van der Waals surface area contributed by atoms with Crippen molar-refractivity contribution < 1.29 is 9.59 Å². The largest absolute Gasteiger partial charge is 0.342 e. The highest BCUT2D eigenvalue weighted by Crippen LogP contribution is 2.22. The first-order valence-corrected chi connectivity index (χ1v) is 10.7. The van der Waals surface area contributed by atoms with Crippen molar-refractivity contribution in [3.05, 3.63) is 35.4 Å². The van der Waals surface area contributed by atoms with Crippen LogP contribution in [0.5, 0.6) is 0 Å². The highest BCUT2D eigenvalue weighted by molar-refractivity contribution is 5.94. The molecule has 2 aliphatic rings. The number of hydrogen-bond acceptors (Lipinski definition) is 3. The summed E-state index contributed by atoms with van der Waals surface area (Å²) >= 11 is 0. The monoisotopic (exact) mass is 385 g/mol. The molecule has 0 radical (unpaired) electrons. The summed E-state index contributed by atoms with van der Waals surface area (Å²) < 4.78 is 0. The summed E-state index contributed by atoms with van der Waals surface area (Å²) in [5.41, 5.74) is 2.08. The van der Waals surface area contributed by atoms with Crippen molar-refractivity contribution in [1.82, 2.24) is 14.7 Å². The van der Waals surface area contributed by atoms with E-state index in [2.05, 4.69) is 37.8 Å². The first kappa shape index (κ1) is 20.8. The minimum absolute atomic E-state index is 0.0904. The number of piperazine rings is 1. The first-order valence-electron chi connectivity index (χ1n) is 10.7. The fraction of sp³-hybridized carbons (Fsp3) is 0.652. The van der Waals surface area contributed by atoms with Crippen molar-refractivity contribution in [2.75, 3.05) is 45.8 Å². The molecular formula is C23H35N3O2. The van der Waals surface area contributed by atoms with Crippen molar-refractivity contribution in [3.63, 3.8) is 0 Å². The fourth-order valence-corrected chi connectivity index (χ4v) is 4.02. The van der Waals surface area contributed by atoms with Crippen LogP contribution in [0.1, 0.15) is 62.4 Å². The summed E-state index contributed by atoms with van der Waals surface area (Å²) in [6.07, 6.45) is 4.73. The molecule has 1 aromatic rings. The highest BCUT2D eigenvalue weighted by Gasteiger charge is 2.25. The van der Waals surface area contributed by atoms with Gasteiger partial charge in [-0.3, -0.25) is 14.5 Å². The van der Waals surface area contributed by atoms with Crippen LogP contribution >= 0.6 is 0 Å². The molecule has 2 aliphatic heterocycles. The number of amides is 2. The SMILES string of the molecule is CC(C)(C)c1ccc(C(=O)N2CCN(CC(=O)N3CCCCCC3)CC2)cc1. The highest BCUT2D eigenvalue weighted by atomic mass is 16.2. The molecule has 0 aromatic heterocycles. The fourth-order valence-electron chi connectivity index (χ4n) is 4.02. The van der Waals surface area contributed by atoms with Gasteiger partial charge in [0.15, 0.2) is 0 Å². The van der Waals surface area contributed by atoms with E-state index in [1.807, 2.05) is 21.9 Å². The zero-order valence-electron chi connectivity index (χ0n) is 17.7. The van der Waals surface area contributed by atoms with Crippen molar-refractivity contribution in [2.24, 2.45) is 0 Å². The summed E-state index contributed by atoms with van der Waals surface area (Å²) in [5.74, 6) is 0.346. The average molecular weight is 386 g/mol. The van der Waals surface area contributed by atoms with E-state index in [0.717, 1.165) is 44.6 Å². The normalized spacial score (nSPS) is 19.4. The third kappa shape index (κ3) is 5.34. The molecule has 2 saturated heterocycles. The van der Waals surface area contributed by atoms with E-state index in [-0.39, 0.29) is 17.2 Å². The topological polar surface area (TPSA) is 43.9 Å². The Bertz CT molecular complexity index is 662. The number of carbonyl (C=O) groups is 2. The molecule has 154 valence electrons. The molecule has 2 amide bonds. The summed E-state index contributed by atoms with van der Waals surface area (Å²) in [6, 6.07) is 8.00. The Labute approximate surface area is 169 Å². The van der Waals surface area contributed by atoms with Gasteiger partial charge in [-0.15, -0.1) is 0 Å². The van der Waals surface area contributed by atoms with Crippen molar-refractivity contribution in [1.29, 1.82) is 0 Å². The van der Waals surface area contributed by atoms with Crippen LogP contribution in [0, 0.1) is 0 Å². The predicted molar refractivity (Wildman–Crippen MR) is 113 cm³/mol. The lowest BCUT2D eigenvalue weighted by Gasteiger charge is -2.35. The third-order valence-electron chi connectivity index (χ3n) is 5.98. The molecule has 3 rings (SSSR count). The van der Waals surface area contributed by atoms with Gasteiger partial charge in [0.25, 0.3) is 5.91 Å². The molecule has 5 heteroatoms. The van der Waals surface area contributed by atoms with Gasteiger partial charge in [0.1, 0.15) is 0 Å². The summed E-state index contributed by atoms with van der Waals surface area (Å²) in [6.45, 7) is 11.7. The predicted octanol–water partition coefficient (Wildman–Crippen LogP) is 3.14. The van der Waals surface area contributed by atoms with Crippen LogP contribution in [-0.2, 0) is 10.2 Å². The third-order valence-corrected chi connectivity index (χ3v) is 5.98. The zero-order chi connectivity index (χ0) is 20.1. The van der Waals surface area contributed by atoms with Crippen LogP contribution in [0.4, 0.5) is 0 Å². The Balaban J connectivity index is 1.49. The number of hydrogen-bond donors (Lipinski definition) is 0. The van der Waals surface area contributed by atoms with E-state index in [1.165, 1.54) is 18.4 Å². The van der Waals surface area contributed by atoms with Gasteiger partial charge < -0.3 is 9.80 Å². The molecule has 0 atom stereocenters. The first-order chi connectivity index (χ1) is 13.3. The molecule has 2 fully saturated rings. The number of rotatable bonds is 3. The molecule has 5 nitrogen and oxygen atoms in total. The Morgan fingerprint density at radius 1 is 0.786 bits per heavy atom. The summed E-state index contributed by atoms with van der Waals surface area (Å²) in [7, 11) is 0. The number of benzene rings is 1. The quantitative estimate of drug-likeness (QED) is 0.803. The molecule has 0 N–H and O–H groups in total. The van der Waals surface area contributed by atoms with Gasteiger partial charge in [0.2, 0.25) is 5.91 Å². The molecule has 0 aliphatic carbocycles. The van der Waals surface area contributed by atoms with Crippen molar-refractivity contribution >= 4 is 11.8 Å². The van der Waals surface area contributed by atoms with Crippen LogP contribution in [0.25, 0.3) is 0 Å². The molecule has 2 heterocycles. The van der Waals surface area contributed by atoms with Crippen LogP contribution in [-0.4, -0.2) is 72.3 Å². The van der Waals surface area contributed by atoms with E-state index >= 15 is 0 Å².